The monoisotopic (exact) mass is 244 g/mol. The SMILES string of the molecule is CCOC(=O)C1CC=C(c2ccc(C)cc2)CC1. The lowest BCUT2D eigenvalue weighted by molar-refractivity contribution is -0.148. The van der Waals surface area contributed by atoms with Crippen molar-refractivity contribution in [1.29, 1.82) is 0 Å². The molecule has 0 bridgehead atoms. The average molecular weight is 244 g/mol. The van der Waals surface area contributed by atoms with Crippen molar-refractivity contribution in [2.45, 2.75) is 33.1 Å². The fourth-order valence-electron chi connectivity index (χ4n) is 2.34. The summed E-state index contributed by atoms with van der Waals surface area (Å²) in [7, 11) is 0. The van der Waals surface area contributed by atoms with Crippen LogP contribution in [0.5, 0.6) is 0 Å². The normalized spacial score (nSPS) is 19.2. The van der Waals surface area contributed by atoms with E-state index in [-0.39, 0.29) is 11.9 Å². The summed E-state index contributed by atoms with van der Waals surface area (Å²) in [4.78, 5) is 11.6. The Kier molecular flexibility index (Phi) is 4.19. The van der Waals surface area contributed by atoms with E-state index in [1.165, 1.54) is 16.7 Å². The van der Waals surface area contributed by atoms with E-state index in [9.17, 15) is 4.79 Å². The van der Waals surface area contributed by atoms with Crippen molar-refractivity contribution in [2.75, 3.05) is 6.61 Å². The fraction of sp³-hybridized carbons (Fsp3) is 0.438. The Morgan fingerprint density at radius 3 is 2.61 bits per heavy atom. The number of esters is 1. The molecule has 1 aromatic rings. The van der Waals surface area contributed by atoms with Gasteiger partial charge >= 0.3 is 5.97 Å². The third-order valence-electron chi connectivity index (χ3n) is 3.45. The van der Waals surface area contributed by atoms with Crippen molar-refractivity contribution < 1.29 is 9.53 Å². The van der Waals surface area contributed by atoms with Crippen molar-refractivity contribution in [3.8, 4) is 0 Å². The van der Waals surface area contributed by atoms with Crippen molar-refractivity contribution in [1.82, 2.24) is 0 Å². The lowest BCUT2D eigenvalue weighted by atomic mass is 9.86. The first-order valence-corrected chi connectivity index (χ1v) is 6.63. The van der Waals surface area contributed by atoms with E-state index in [2.05, 4.69) is 37.3 Å². The van der Waals surface area contributed by atoms with E-state index in [4.69, 9.17) is 4.74 Å². The van der Waals surface area contributed by atoms with Gasteiger partial charge in [-0.3, -0.25) is 4.79 Å². The molecule has 0 radical (unpaired) electrons. The molecule has 0 saturated carbocycles. The van der Waals surface area contributed by atoms with Crippen LogP contribution in [0.2, 0.25) is 0 Å². The first-order chi connectivity index (χ1) is 8.70. The van der Waals surface area contributed by atoms with E-state index in [1.807, 2.05) is 6.92 Å². The Bertz CT molecular complexity index is 443. The minimum absolute atomic E-state index is 0.0447. The molecule has 0 aliphatic heterocycles. The fourth-order valence-corrected chi connectivity index (χ4v) is 2.34. The number of hydrogen-bond donors (Lipinski definition) is 0. The summed E-state index contributed by atoms with van der Waals surface area (Å²) in [5.41, 5.74) is 3.91. The number of allylic oxidation sites excluding steroid dienone is 2. The molecule has 1 atom stereocenters. The van der Waals surface area contributed by atoms with Gasteiger partial charge in [-0.1, -0.05) is 35.9 Å². The minimum atomic E-state index is -0.0447. The van der Waals surface area contributed by atoms with Gasteiger partial charge in [0.15, 0.2) is 0 Å². The van der Waals surface area contributed by atoms with Crippen molar-refractivity contribution in [3.63, 3.8) is 0 Å². The summed E-state index contributed by atoms with van der Waals surface area (Å²) in [5, 5.41) is 0. The molecule has 2 heteroatoms. The summed E-state index contributed by atoms with van der Waals surface area (Å²) in [5.74, 6) is 0.0101. The van der Waals surface area contributed by atoms with E-state index in [0.29, 0.717) is 6.61 Å². The van der Waals surface area contributed by atoms with Crippen LogP contribution in [0.4, 0.5) is 0 Å². The highest BCUT2D eigenvalue weighted by molar-refractivity contribution is 5.75. The molecule has 0 heterocycles. The van der Waals surface area contributed by atoms with E-state index < -0.39 is 0 Å². The van der Waals surface area contributed by atoms with Crippen LogP contribution >= 0.6 is 0 Å². The van der Waals surface area contributed by atoms with E-state index in [1.54, 1.807) is 0 Å². The van der Waals surface area contributed by atoms with Gasteiger partial charge in [-0.25, -0.2) is 0 Å². The quantitative estimate of drug-likeness (QED) is 0.757. The highest BCUT2D eigenvalue weighted by atomic mass is 16.5. The van der Waals surface area contributed by atoms with Crippen LogP contribution in [0.3, 0.4) is 0 Å². The maximum Gasteiger partial charge on any atom is 0.309 e. The first-order valence-electron chi connectivity index (χ1n) is 6.63. The molecular weight excluding hydrogens is 224 g/mol. The van der Waals surface area contributed by atoms with E-state index >= 15 is 0 Å². The van der Waals surface area contributed by atoms with Gasteiger partial charge in [-0.05, 0) is 44.2 Å². The van der Waals surface area contributed by atoms with Crippen molar-refractivity contribution >= 4 is 11.5 Å². The topological polar surface area (TPSA) is 26.3 Å². The lowest BCUT2D eigenvalue weighted by Crippen LogP contribution is -2.19. The third kappa shape index (κ3) is 3.00. The summed E-state index contributed by atoms with van der Waals surface area (Å²) < 4.78 is 5.07. The number of carbonyl (C=O) groups is 1. The smallest absolute Gasteiger partial charge is 0.309 e. The molecule has 18 heavy (non-hydrogen) atoms. The Morgan fingerprint density at radius 1 is 1.33 bits per heavy atom. The van der Waals surface area contributed by atoms with E-state index in [0.717, 1.165) is 19.3 Å². The van der Waals surface area contributed by atoms with Gasteiger partial charge in [0.05, 0.1) is 12.5 Å². The number of carbonyl (C=O) groups excluding carboxylic acids is 1. The molecule has 0 fully saturated rings. The minimum Gasteiger partial charge on any atom is -0.466 e. The summed E-state index contributed by atoms with van der Waals surface area (Å²) in [6, 6.07) is 8.58. The largest absolute Gasteiger partial charge is 0.466 e. The average Bonchev–Trinajstić information content (AvgIpc) is 2.40. The maximum absolute atomic E-state index is 11.6. The lowest BCUT2D eigenvalue weighted by Gasteiger charge is -2.20. The van der Waals surface area contributed by atoms with Crippen molar-refractivity contribution in [3.05, 3.63) is 41.5 Å². The van der Waals surface area contributed by atoms with Gasteiger partial charge in [-0.15, -0.1) is 0 Å². The predicted molar refractivity (Wildman–Crippen MR) is 73.1 cm³/mol. The summed E-state index contributed by atoms with van der Waals surface area (Å²) in [6.07, 6.45) is 4.86. The molecule has 0 N–H and O–H groups in total. The Labute approximate surface area is 109 Å². The number of benzene rings is 1. The highest BCUT2D eigenvalue weighted by Gasteiger charge is 2.22. The molecule has 1 aromatic carbocycles. The van der Waals surface area contributed by atoms with Crippen LogP contribution in [-0.4, -0.2) is 12.6 Å². The second-order valence-electron chi connectivity index (χ2n) is 4.82. The van der Waals surface area contributed by atoms with Gasteiger partial charge in [0.25, 0.3) is 0 Å². The van der Waals surface area contributed by atoms with Gasteiger partial charge in [0.2, 0.25) is 0 Å². The van der Waals surface area contributed by atoms with Crippen LogP contribution in [0, 0.1) is 12.8 Å². The van der Waals surface area contributed by atoms with Gasteiger partial charge in [0.1, 0.15) is 0 Å². The summed E-state index contributed by atoms with van der Waals surface area (Å²) >= 11 is 0. The molecule has 2 rings (SSSR count). The Balaban J connectivity index is 2.02. The van der Waals surface area contributed by atoms with Crippen LogP contribution in [0.1, 0.15) is 37.3 Å². The Morgan fingerprint density at radius 2 is 2.06 bits per heavy atom. The second kappa shape index (κ2) is 5.85. The predicted octanol–water partition coefficient (Wildman–Crippen LogP) is 3.74. The zero-order valence-corrected chi connectivity index (χ0v) is 11.1. The zero-order valence-electron chi connectivity index (χ0n) is 11.1. The molecule has 0 aromatic heterocycles. The number of rotatable bonds is 3. The molecule has 1 aliphatic rings. The first kappa shape index (κ1) is 12.9. The zero-order chi connectivity index (χ0) is 13.0. The molecule has 2 nitrogen and oxygen atoms in total. The standard InChI is InChI=1S/C16H20O2/c1-3-18-16(17)15-10-8-14(9-11-15)13-6-4-12(2)5-7-13/h4-8,15H,3,9-11H2,1-2H3. The number of ether oxygens (including phenoxy) is 1. The molecule has 0 amide bonds. The van der Waals surface area contributed by atoms with Gasteiger partial charge < -0.3 is 4.74 Å². The van der Waals surface area contributed by atoms with Gasteiger partial charge in [-0.2, -0.15) is 0 Å². The van der Waals surface area contributed by atoms with Crippen LogP contribution in [0.15, 0.2) is 30.3 Å². The van der Waals surface area contributed by atoms with Crippen LogP contribution in [0.25, 0.3) is 5.57 Å². The molecule has 0 spiro atoms. The van der Waals surface area contributed by atoms with Gasteiger partial charge in [0, 0.05) is 0 Å². The van der Waals surface area contributed by atoms with Crippen molar-refractivity contribution in [2.24, 2.45) is 5.92 Å². The molecular formula is C16H20O2. The summed E-state index contributed by atoms with van der Waals surface area (Å²) in [6.45, 7) is 4.42. The van der Waals surface area contributed by atoms with Crippen LogP contribution in [-0.2, 0) is 9.53 Å². The third-order valence-corrected chi connectivity index (χ3v) is 3.45. The molecule has 0 saturated heterocycles. The molecule has 1 unspecified atom stereocenters. The second-order valence-corrected chi connectivity index (χ2v) is 4.82. The molecule has 1 aliphatic carbocycles. The van der Waals surface area contributed by atoms with Crippen LogP contribution < -0.4 is 0 Å². The number of aryl methyl sites for hydroxylation is 1. The maximum atomic E-state index is 11.6. The highest BCUT2D eigenvalue weighted by Crippen LogP contribution is 2.30. The Hall–Kier alpha value is -1.57. The molecule has 96 valence electrons. The number of hydrogen-bond acceptors (Lipinski definition) is 2.